The first-order valence-electron chi connectivity index (χ1n) is 8.93. The molecule has 1 saturated heterocycles. The van der Waals surface area contributed by atoms with Crippen LogP contribution in [0.3, 0.4) is 0 Å². The van der Waals surface area contributed by atoms with E-state index in [9.17, 15) is 18.0 Å². The van der Waals surface area contributed by atoms with Crippen LogP contribution in [0, 0.1) is 5.41 Å². The van der Waals surface area contributed by atoms with E-state index in [0.717, 1.165) is 19.3 Å². The zero-order valence-corrected chi connectivity index (χ0v) is 15.4. The van der Waals surface area contributed by atoms with E-state index in [2.05, 4.69) is 5.32 Å². The van der Waals surface area contributed by atoms with Crippen LogP contribution in [0.15, 0.2) is 29.2 Å². The van der Waals surface area contributed by atoms with Crippen LogP contribution in [0.2, 0.25) is 0 Å². The monoisotopic (exact) mass is 380 g/mol. The summed E-state index contributed by atoms with van der Waals surface area (Å²) >= 11 is 0. The molecule has 1 saturated carbocycles. The number of benzene rings is 1. The molecule has 0 aromatic heterocycles. The minimum absolute atomic E-state index is 0.0970. The molecule has 8 heteroatoms. The molecule has 1 heterocycles. The molecule has 2 fully saturated rings. The van der Waals surface area contributed by atoms with E-state index in [0.29, 0.717) is 31.5 Å². The van der Waals surface area contributed by atoms with Gasteiger partial charge in [-0.3, -0.25) is 9.59 Å². The fraction of sp³-hybridized carbons (Fsp3) is 0.556. The Kier molecular flexibility index (Phi) is 5.34. The first-order valence-corrected chi connectivity index (χ1v) is 10.4. The third kappa shape index (κ3) is 4.07. The normalized spacial score (nSPS) is 19.7. The Morgan fingerprint density at radius 1 is 1.08 bits per heavy atom. The average Bonchev–Trinajstić information content (AvgIpc) is 3.43. The van der Waals surface area contributed by atoms with Crippen molar-refractivity contribution in [2.75, 3.05) is 19.6 Å². The number of hydrogen-bond acceptors (Lipinski definition) is 4. The van der Waals surface area contributed by atoms with Crippen LogP contribution >= 0.6 is 0 Å². The Morgan fingerprint density at radius 2 is 1.69 bits per heavy atom. The summed E-state index contributed by atoms with van der Waals surface area (Å²) in [5.74, 6) is -1.13. The van der Waals surface area contributed by atoms with Gasteiger partial charge in [-0.25, -0.2) is 8.42 Å². The Bertz CT molecular complexity index is 778. The number of carbonyl (C=O) groups excluding carboxylic acids is 1. The van der Waals surface area contributed by atoms with Gasteiger partial charge in [-0.15, -0.1) is 0 Å². The van der Waals surface area contributed by atoms with Crippen molar-refractivity contribution < 1.29 is 23.1 Å². The summed E-state index contributed by atoms with van der Waals surface area (Å²) in [6.45, 7) is 1.25. The van der Waals surface area contributed by atoms with Gasteiger partial charge in [-0.05, 0) is 43.4 Å². The molecule has 1 aliphatic carbocycles. The molecule has 7 nitrogen and oxygen atoms in total. The number of hydrogen-bond donors (Lipinski definition) is 2. The summed E-state index contributed by atoms with van der Waals surface area (Å²) in [7, 11) is -3.47. The molecule has 0 spiro atoms. The number of sulfonamides is 1. The van der Waals surface area contributed by atoms with Crippen molar-refractivity contribution in [3.63, 3.8) is 0 Å². The van der Waals surface area contributed by atoms with Crippen LogP contribution < -0.4 is 5.32 Å². The van der Waals surface area contributed by atoms with Crippen LogP contribution in [0.5, 0.6) is 0 Å². The maximum Gasteiger partial charge on any atom is 0.311 e. The number of carbonyl (C=O) groups is 2. The second-order valence-electron chi connectivity index (χ2n) is 7.15. The molecule has 2 aliphatic rings. The average molecular weight is 380 g/mol. The van der Waals surface area contributed by atoms with Crippen molar-refractivity contribution in [3.8, 4) is 0 Å². The van der Waals surface area contributed by atoms with Gasteiger partial charge in [0.05, 0.1) is 16.7 Å². The molecule has 0 unspecified atom stereocenters. The molecule has 26 heavy (non-hydrogen) atoms. The maximum atomic E-state index is 12.6. The van der Waals surface area contributed by atoms with Crippen LogP contribution in [0.25, 0.3) is 0 Å². The van der Waals surface area contributed by atoms with Gasteiger partial charge in [0.25, 0.3) is 0 Å². The molecular formula is C18H24N2O5S. The van der Waals surface area contributed by atoms with Gasteiger partial charge in [-0.2, -0.15) is 4.31 Å². The molecule has 1 amide bonds. The standard InChI is InChI=1S/C18H24N2O5S/c21-16(19-13-18(8-9-18)17(22)23)12-14-4-6-15(7-5-14)26(24,25)20-10-2-1-3-11-20/h4-7H,1-3,8-13H2,(H,19,21)(H,22,23). The zero-order chi connectivity index (χ0) is 18.8. The number of rotatable bonds is 7. The van der Waals surface area contributed by atoms with Gasteiger partial charge < -0.3 is 10.4 Å². The van der Waals surface area contributed by atoms with Crippen molar-refractivity contribution in [2.45, 2.75) is 43.4 Å². The van der Waals surface area contributed by atoms with Gasteiger partial charge in [0, 0.05) is 19.6 Å². The molecule has 1 aliphatic heterocycles. The molecule has 3 rings (SSSR count). The molecule has 1 aromatic carbocycles. The smallest absolute Gasteiger partial charge is 0.311 e. The number of piperidine rings is 1. The summed E-state index contributed by atoms with van der Waals surface area (Å²) < 4.78 is 26.7. The predicted octanol–water partition coefficient (Wildman–Crippen LogP) is 1.38. The molecule has 2 N–H and O–H groups in total. The highest BCUT2D eigenvalue weighted by atomic mass is 32.2. The number of amides is 1. The highest BCUT2D eigenvalue weighted by molar-refractivity contribution is 7.89. The van der Waals surface area contributed by atoms with Gasteiger partial charge in [0.2, 0.25) is 15.9 Å². The Morgan fingerprint density at radius 3 is 2.23 bits per heavy atom. The van der Waals surface area contributed by atoms with Crippen molar-refractivity contribution >= 4 is 21.9 Å². The number of carboxylic acids is 1. The summed E-state index contributed by atoms with van der Waals surface area (Å²) in [5, 5.41) is 11.8. The lowest BCUT2D eigenvalue weighted by atomic mass is 10.1. The highest BCUT2D eigenvalue weighted by Crippen LogP contribution is 2.45. The van der Waals surface area contributed by atoms with Gasteiger partial charge in [0.15, 0.2) is 0 Å². The molecule has 0 radical (unpaired) electrons. The van der Waals surface area contributed by atoms with Gasteiger partial charge >= 0.3 is 5.97 Å². The Balaban J connectivity index is 1.57. The summed E-state index contributed by atoms with van der Waals surface area (Å²) in [4.78, 5) is 23.4. The van der Waals surface area contributed by atoms with Gasteiger partial charge in [-0.1, -0.05) is 18.6 Å². The van der Waals surface area contributed by atoms with Crippen molar-refractivity contribution in [1.82, 2.24) is 9.62 Å². The number of carboxylic acid groups (broad SMARTS) is 1. The van der Waals surface area contributed by atoms with Crippen LogP contribution in [-0.2, 0) is 26.0 Å². The third-order valence-corrected chi connectivity index (χ3v) is 7.08. The molecular weight excluding hydrogens is 356 g/mol. The second-order valence-corrected chi connectivity index (χ2v) is 9.09. The number of nitrogens with one attached hydrogen (secondary N) is 1. The first-order chi connectivity index (χ1) is 12.3. The number of aliphatic carboxylic acids is 1. The molecule has 142 valence electrons. The van der Waals surface area contributed by atoms with E-state index in [-0.39, 0.29) is 23.8 Å². The van der Waals surface area contributed by atoms with Gasteiger partial charge in [0.1, 0.15) is 0 Å². The fourth-order valence-corrected chi connectivity index (χ4v) is 4.68. The van der Waals surface area contributed by atoms with Crippen molar-refractivity contribution in [3.05, 3.63) is 29.8 Å². The second kappa shape index (κ2) is 7.36. The molecule has 1 aromatic rings. The highest BCUT2D eigenvalue weighted by Gasteiger charge is 2.50. The quantitative estimate of drug-likeness (QED) is 0.744. The maximum absolute atomic E-state index is 12.6. The lowest BCUT2D eigenvalue weighted by Crippen LogP contribution is -2.35. The van der Waals surface area contributed by atoms with E-state index in [4.69, 9.17) is 5.11 Å². The van der Waals surface area contributed by atoms with E-state index in [1.54, 1.807) is 12.1 Å². The lowest BCUT2D eigenvalue weighted by molar-refractivity contribution is -0.143. The Labute approximate surface area is 153 Å². The molecule has 0 atom stereocenters. The van der Waals surface area contributed by atoms with Crippen LogP contribution in [0.4, 0.5) is 0 Å². The summed E-state index contributed by atoms with van der Waals surface area (Å²) in [5.41, 5.74) is -0.0950. The topological polar surface area (TPSA) is 104 Å². The van der Waals surface area contributed by atoms with Crippen molar-refractivity contribution in [1.29, 1.82) is 0 Å². The molecule has 0 bridgehead atoms. The van der Waals surface area contributed by atoms with Crippen molar-refractivity contribution in [2.24, 2.45) is 5.41 Å². The van der Waals surface area contributed by atoms with E-state index in [1.807, 2.05) is 0 Å². The SMILES string of the molecule is O=C(Cc1ccc(S(=O)(=O)N2CCCCC2)cc1)NCC1(C(=O)O)CC1. The zero-order valence-electron chi connectivity index (χ0n) is 14.6. The number of nitrogens with zero attached hydrogens (tertiary/aromatic N) is 1. The summed E-state index contributed by atoms with van der Waals surface area (Å²) in [6.07, 6.45) is 4.10. The minimum Gasteiger partial charge on any atom is -0.481 e. The van der Waals surface area contributed by atoms with Crippen LogP contribution in [0.1, 0.15) is 37.7 Å². The lowest BCUT2D eigenvalue weighted by Gasteiger charge is -2.25. The van der Waals surface area contributed by atoms with Crippen LogP contribution in [-0.4, -0.2) is 49.3 Å². The third-order valence-electron chi connectivity index (χ3n) is 5.17. The summed E-state index contributed by atoms with van der Waals surface area (Å²) in [6, 6.07) is 6.35. The largest absolute Gasteiger partial charge is 0.481 e. The predicted molar refractivity (Wildman–Crippen MR) is 95.1 cm³/mol. The first kappa shape index (κ1) is 18.8. The van der Waals surface area contributed by atoms with E-state index < -0.39 is 21.4 Å². The fourth-order valence-electron chi connectivity index (χ4n) is 3.17. The minimum atomic E-state index is -3.47. The Hall–Kier alpha value is -1.93. The van der Waals surface area contributed by atoms with E-state index >= 15 is 0 Å². The van der Waals surface area contributed by atoms with E-state index in [1.165, 1.54) is 16.4 Å².